The van der Waals surface area contributed by atoms with Gasteiger partial charge in [-0.05, 0) is 24.9 Å². The minimum Gasteiger partial charge on any atom is -0.291 e. The standard InChI is InChI=1S/C11H21OS/c1-13-11-9-7-5-3-2-4-6-8-10-12/h2-9,11H2,1H3. The Balaban J connectivity index is 2.79. The SMILES string of the molecule is CSCCCCCCCCC[C]=O. The van der Waals surface area contributed by atoms with Gasteiger partial charge < -0.3 is 0 Å². The van der Waals surface area contributed by atoms with Crippen molar-refractivity contribution in [1.82, 2.24) is 0 Å². The number of hydrogen-bond acceptors (Lipinski definition) is 2. The maximum Gasteiger partial charge on any atom is 0.198 e. The van der Waals surface area contributed by atoms with Crippen LogP contribution in [0.3, 0.4) is 0 Å². The first-order valence-corrected chi connectivity index (χ1v) is 6.65. The van der Waals surface area contributed by atoms with Gasteiger partial charge >= 0.3 is 0 Å². The Morgan fingerprint density at radius 2 is 1.46 bits per heavy atom. The molecule has 0 heterocycles. The van der Waals surface area contributed by atoms with Crippen LogP contribution < -0.4 is 0 Å². The Labute approximate surface area is 86.7 Å². The highest BCUT2D eigenvalue weighted by molar-refractivity contribution is 7.98. The smallest absolute Gasteiger partial charge is 0.198 e. The number of unbranched alkanes of at least 4 members (excludes halogenated alkanes) is 7. The molecule has 13 heavy (non-hydrogen) atoms. The molecule has 0 fully saturated rings. The number of thioether (sulfide) groups is 1. The summed E-state index contributed by atoms with van der Waals surface area (Å²) < 4.78 is 0. The van der Waals surface area contributed by atoms with E-state index >= 15 is 0 Å². The molecule has 0 aliphatic heterocycles. The molecule has 77 valence electrons. The van der Waals surface area contributed by atoms with Gasteiger partial charge in [0.25, 0.3) is 0 Å². The van der Waals surface area contributed by atoms with Gasteiger partial charge in [0, 0.05) is 6.42 Å². The summed E-state index contributed by atoms with van der Waals surface area (Å²) in [5.74, 6) is 1.31. The largest absolute Gasteiger partial charge is 0.291 e. The van der Waals surface area contributed by atoms with Gasteiger partial charge in [0.1, 0.15) is 0 Å². The highest BCUT2D eigenvalue weighted by Gasteiger charge is 1.91. The summed E-state index contributed by atoms with van der Waals surface area (Å²) in [6, 6.07) is 0. The van der Waals surface area contributed by atoms with E-state index in [0.717, 1.165) is 6.42 Å². The summed E-state index contributed by atoms with van der Waals surface area (Å²) >= 11 is 1.93. The lowest BCUT2D eigenvalue weighted by atomic mass is 10.1. The molecule has 0 unspecified atom stereocenters. The summed E-state index contributed by atoms with van der Waals surface area (Å²) in [6.07, 6.45) is 13.7. The third-order valence-electron chi connectivity index (χ3n) is 2.13. The fourth-order valence-electron chi connectivity index (χ4n) is 1.33. The third-order valence-corrected chi connectivity index (χ3v) is 2.82. The van der Waals surface area contributed by atoms with Crippen molar-refractivity contribution in [2.24, 2.45) is 0 Å². The fourth-order valence-corrected chi connectivity index (χ4v) is 1.82. The molecule has 0 atom stereocenters. The van der Waals surface area contributed by atoms with Crippen LogP contribution in [-0.4, -0.2) is 18.3 Å². The number of rotatable bonds is 10. The van der Waals surface area contributed by atoms with Gasteiger partial charge in [0.2, 0.25) is 0 Å². The van der Waals surface area contributed by atoms with Crippen molar-refractivity contribution < 1.29 is 4.79 Å². The maximum absolute atomic E-state index is 9.88. The molecule has 0 aliphatic carbocycles. The average Bonchev–Trinajstić information content (AvgIpc) is 2.16. The minimum absolute atomic E-state index is 0.631. The number of hydrogen-bond donors (Lipinski definition) is 0. The van der Waals surface area contributed by atoms with Crippen molar-refractivity contribution in [3.8, 4) is 0 Å². The first-order chi connectivity index (χ1) is 6.41. The number of carbonyl (C=O) groups excluding carboxylic acids is 1. The van der Waals surface area contributed by atoms with Crippen molar-refractivity contribution in [1.29, 1.82) is 0 Å². The predicted molar refractivity (Wildman–Crippen MR) is 61.0 cm³/mol. The van der Waals surface area contributed by atoms with Crippen LogP contribution in [0.4, 0.5) is 0 Å². The molecule has 0 bridgehead atoms. The molecule has 0 saturated heterocycles. The Morgan fingerprint density at radius 3 is 2.00 bits per heavy atom. The Morgan fingerprint density at radius 1 is 0.923 bits per heavy atom. The normalized spacial score (nSPS) is 10.2. The summed E-state index contributed by atoms with van der Waals surface area (Å²) in [7, 11) is 0. The monoisotopic (exact) mass is 201 g/mol. The van der Waals surface area contributed by atoms with E-state index in [1.165, 1.54) is 44.3 Å². The molecule has 0 aromatic heterocycles. The second-order valence-corrected chi connectivity index (χ2v) is 4.35. The summed E-state index contributed by atoms with van der Waals surface area (Å²) in [6.45, 7) is 0. The van der Waals surface area contributed by atoms with Gasteiger partial charge in [-0.2, -0.15) is 11.8 Å². The first-order valence-electron chi connectivity index (χ1n) is 5.25. The predicted octanol–water partition coefficient (Wildman–Crippen LogP) is 3.58. The van der Waals surface area contributed by atoms with Crippen LogP contribution in [-0.2, 0) is 4.79 Å². The van der Waals surface area contributed by atoms with Gasteiger partial charge in [-0.25, -0.2) is 0 Å². The molecule has 0 aromatic carbocycles. The molecule has 2 heteroatoms. The fraction of sp³-hybridized carbons (Fsp3) is 0.909. The van der Waals surface area contributed by atoms with Crippen molar-refractivity contribution >= 4 is 18.0 Å². The van der Waals surface area contributed by atoms with E-state index in [-0.39, 0.29) is 0 Å². The van der Waals surface area contributed by atoms with Crippen LogP contribution >= 0.6 is 11.8 Å². The van der Waals surface area contributed by atoms with Gasteiger partial charge in [-0.1, -0.05) is 32.1 Å². The average molecular weight is 201 g/mol. The summed E-state index contributed by atoms with van der Waals surface area (Å²) in [5, 5.41) is 0. The van der Waals surface area contributed by atoms with E-state index < -0.39 is 0 Å². The highest BCUT2D eigenvalue weighted by Crippen LogP contribution is 2.09. The van der Waals surface area contributed by atoms with Crippen molar-refractivity contribution in [3.05, 3.63) is 0 Å². The lowest BCUT2D eigenvalue weighted by Crippen LogP contribution is -1.83. The van der Waals surface area contributed by atoms with E-state index in [0.29, 0.717) is 6.42 Å². The maximum atomic E-state index is 9.88. The van der Waals surface area contributed by atoms with Gasteiger partial charge in [0.05, 0.1) is 0 Å². The third kappa shape index (κ3) is 12.0. The zero-order chi connectivity index (χ0) is 9.78. The van der Waals surface area contributed by atoms with Gasteiger partial charge in [-0.15, -0.1) is 0 Å². The first kappa shape index (κ1) is 13.0. The Kier molecular flexibility index (Phi) is 12.0. The van der Waals surface area contributed by atoms with Crippen molar-refractivity contribution in [2.75, 3.05) is 12.0 Å². The lowest BCUT2D eigenvalue weighted by Gasteiger charge is -1.99. The van der Waals surface area contributed by atoms with Gasteiger partial charge in [0.15, 0.2) is 6.29 Å². The zero-order valence-electron chi connectivity index (χ0n) is 8.68. The highest BCUT2D eigenvalue weighted by atomic mass is 32.2. The topological polar surface area (TPSA) is 17.1 Å². The van der Waals surface area contributed by atoms with Gasteiger partial charge in [-0.3, -0.25) is 4.79 Å². The molecule has 0 N–H and O–H groups in total. The van der Waals surface area contributed by atoms with Crippen molar-refractivity contribution in [3.63, 3.8) is 0 Å². The molecule has 0 spiro atoms. The van der Waals surface area contributed by atoms with Crippen LogP contribution in [0.1, 0.15) is 51.4 Å². The van der Waals surface area contributed by atoms with Crippen LogP contribution in [0.25, 0.3) is 0 Å². The van der Waals surface area contributed by atoms with Crippen LogP contribution in [0.5, 0.6) is 0 Å². The van der Waals surface area contributed by atoms with E-state index in [4.69, 9.17) is 0 Å². The lowest BCUT2D eigenvalue weighted by molar-refractivity contribution is 0.541. The molecule has 0 aliphatic rings. The molecule has 0 rings (SSSR count). The molecule has 0 saturated carbocycles. The van der Waals surface area contributed by atoms with Crippen LogP contribution in [0.2, 0.25) is 0 Å². The van der Waals surface area contributed by atoms with E-state index in [2.05, 4.69) is 6.26 Å². The van der Waals surface area contributed by atoms with Crippen molar-refractivity contribution in [2.45, 2.75) is 51.4 Å². The molecule has 1 nitrogen and oxygen atoms in total. The van der Waals surface area contributed by atoms with Crippen LogP contribution in [0, 0.1) is 0 Å². The Bertz CT molecular complexity index is 104. The molecule has 1 radical (unpaired) electrons. The minimum atomic E-state index is 0.631. The van der Waals surface area contributed by atoms with E-state index in [1.54, 1.807) is 0 Å². The van der Waals surface area contributed by atoms with E-state index in [1.807, 2.05) is 18.0 Å². The Hall–Kier alpha value is 0.0200. The second-order valence-electron chi connectivity index (χ2n) is 3.36. The zero-order valence-corrected chi connectivity index (χ0v) is 9.50. The van der Waals surface area contributed by atoms with Crippen LogP contribution in [0.15, 0.2) is 0 Å². The summed E-state index contributed by atoms with van der Waals surface area (Å²) in [4.78, 5) is 9.88. The molecular formula is C11H21OS. The molecular weight excluding hydrogens is 180 g/mol. The quantitative estimate of drug-likeness (QED) is 0.503. The second kappa shape index (κ2) is 12.0. The molecule has 0 aromatic rings. The molecule has 0 amide bonds. The summed E-state index contributed by atoms with van der Waals surface area (Å²) in [5.41, 5.74) is 0. The van der Waals surface area contributed by atoms with E-state index in [9.17, 15) is 4.79 Å².